The van der Waals surface area contributed by atoms with E-state index in [0.717, 1.165) is 18.3 Å². The number of hydrogen-bond acceptors (Lipinski definition) is 4. The molecule has 2 aromatic carbocycles. The van der Waals surface area contributed by atoms with Gasteiger partial charge in [-0.25, -0.2) is 4.79 Å². The Morgan fingerprint density at radius 2 is 1.61 bits per heavy atom. The van der Waals surface area contributed by atoms with E-state index in [0.29, 0.717) is 16.2 Å². The van der Waals surface area contributed by atoms with Crippen molar-refractivity contribution in [3.63, 3.8) is 0 Å². The highest BCUT2D eigenvalue weighted by Crippen LogP contribution is 2.36. The minimum Gasteiger partial charge on any atom is -0.618 e. The van der Waals surface area contributed by atoms with Gasteiger partial charge in [0.05, 0.1) is 16.7 Å². The van der Waals surface area contributed by atoms with Crippen LogP contribution in [0.3, 0.4) is 0 Å². The van der Waals surface area contributed by atoms with Gasteiger partial charge in [-0.1, -0.05) is 11.6 Å². The second-order valence-electron chi connectivity index (χ2n) is 6.55. The smallest absolute Gasteiger partial charge is 0.417 e. The Balaban J connectivity index is 1.64. The summed E-state index contributed by atoms with van der Waals surface area (Å²) in [5.41, 5.74) is -0.968. The Kier molecular flexibility index (Phi) is 6.92. The van der Waals surface area contributed by atoms with Gasteiger partial charge in [0.1, 0.15) is 11.5 Å². The maximum atomic E-state index is 12.9. The van der Waals surface area contributed by atoms with E-state index in [1.54, 1.807) is 0 Å². The fourth-order valence-corrected chi connectivity index (χ4v) is 2.91. The molecule has 0 bridgehead atoms. The summed E-state index contributed by atoms with van der Waals surface area (Å²) in [5, 5.41) is 18.3. The summed E-state index contributed by atoms with van der Waals surface area (Å²) < 4.78 is 44.8. The standard InChI is InChI=1S/C21H16ClF3N4O4/c1-26-19(30)18-11-15(8-9-29(18)32)33-14-5-2-12(3-6-14)27-20(31)28-13-4-7-17(22)16(10-13)21(23,24)25/h2-11H,1H3,(H,26,30)(H2,27,28,31). The number of carbonyl (C=O) groups is 2. The highest BCUT2D eigenvalue weighted by molar-refractivity contribution is 6.31. The summed E-state index contributed by atoms with van der Waals surface area (Å²) in [6.45, 7) is 0. The van der Waals surface area contributed by atoms with E-state index < -0.39 is 28.7 Å². The molecule has 0 aliphatic rings. The number of hydrogen-bond donors (Lipinski definition) is 3. The molecule has 1 aromatic heterocycles. The second kappa shape index (κ2) is 9.65. The van der Waals surface area contributed by atoms with Gasteiger partial charge in [-0.2, -0.15) is 17.9 Å². The number of alkyl halides is 3. The molecular weight excluding hydrogens is 465 g/mol. The van der Waals surface area contributed by atoms with Gasteiger partial charge in [0.15, 0.2) is 6.20 Å². The van der Waals surface area contributed by atoms with E-state index in [4.69, 9.17) is 16.3 Å². The fourth-order valence-electron chi connectivity index (χ4n) is 2.68. The molecule has 0 aliphatic carbocycles. The van der Waals surface area contributed by atoms with E-state index in [-0.39, 0.29) is 17.1 Å². The van der Waals surface area contributed by atoms with Gasteiger partial charge < -0.3 is 25.9 Å². The Morgan fingerprint density at radius 1 is 0.970 bits per heavy atom. The quantitative estimate of drug-likeness (QED) is 0.360. The molecule has 172 valence electrons. The van der Waals surface area contributed by atoms with Crippen LogP contribution in [0.5, 0.6) is 11.5 Å². The van der Waals surface area contributed by atoms with Crippen LogP contribution >= 0.6 is 11.6 Å². The van der Waals surface area contributed by atoms with Crippen LogP contribution in [0.1, 0.15) is 16.1 Å². The van der Waals surface area contributed by atoms with Crippen molar-refractivity contribution < 1.29 is 32.2 Å². The van der Waals surface area contributed by atoms with Gasteiger partial charge in [0, 0.05) is 24.5 Å². The molecule has 0 aliphatic heterocycles. The minimum absolute atomic E-state index is 0.0872. The first-order valence-corrected chi connectivity index (χ1v) is 9.62. The summed E-state index contributed by atoms with van der Waals surface area (Å²) in [6, 6.07) is 10.9. The van der Waals surface area contributed by atoms with Crippen molar-refractivity contribution in [2.45, 2.75) is 6.18 Å². The lowest BCUT2D eigenvalue weighted by Gasteiger charge is -2.12. The maximum absolute atomic E-state index is 12.9. The molecule has 0 spiro atoms. The lowest BCUT2D eigenvalue weighted by molar-refractivity contribution is -0.607. The molecule has 33 heavy (non-hydrogen) atoms. The van der Waals surface area contributed by atoms with Crippen molar-refractivity contribution in [2.75, 3.05) is 17.7 Å². The molecule has 3 N–H and O–H groups in total. The Hall–Kier alpha value is -3.99. The predicted octanol–water partition coefficient (Wildman–Crippen LogP) is 4.79. The maximum Gasteiger partial charge on any atom is 0.417 e. The summed E-state index contributed by atoms with van der Waals surface area (Å²) in [7, 11) is 1.39. The Labute approximate surface area is 190 Å². The SMILES string of the molecule is CNC(=O)c1cc(Oc2ccc(NC(=O)Nc3ccc(Cl)c(C(F)(F)F)c3)cc2)cc[n+]1[O-]. The first kappa shape index (κ1) is 23.7. The molecule has 3 aromatic rings. The van der Waals surface area contributed by atoms with Crippen molar-refractivity contribution in [3.05, 3.63) is 82.3 Å². The van der Waals surface area contributed by atoms with Gasteiger partial charge in [-0.3, -0.25) is 4.79 Å². The predicted molar refractivity (Wildman–Crippen MR) is 114 cm³/mol. The molecule has 0 radical (unpaired) electrons. The van der Waals surface area contributed by atoms with Crippen molar-refractivity contribution in [3.8, 4) is 11.5 Å². The van der Waals surface area contributed by atoms with Crippen LogP contribution in [-0.4, -0.2) is 19.0 Å². The molecule has 12 heteroatoms. The van der Waals surface area contributed by atoms with Crippen molar-refractivity contribution in [1.82, 2.24) is 5.32 Å². The van der Waals surface area contributed by atoms with Crippen LogP contribution in [0.4, 0.5) is 29.3 Å². The van der Waals surface area contributed by atoms with Crippen molar-refractivity contribution >= 4 is 34.9 Å². The third-order valence-corrected chi connectivity index (χ3v) is 4.56. The molecule has 0 fully saturated rings. The summed E-state index contributed by atoms with van der Waals surface area (Å²) >= 11 is 5.56. The number of ether oxygens (including phenoxy) is 1. The lowest BCUT2D eigenvalue weighted by Crippen LogP contribution is -2.37. The number of pyridine rings is 1. The van der Waals surface area contributed by atoms with E-state index in [1.807, 2.05) is 0 Å². The van der Waals surface area contributed by atoms with Gasteiger partial charge >= 0.3 is 18.1 Å². The zero-order valence-corrected chi connectivity index (χ0v) is 17.6. The third-order valence-electron chi connectivity index (χ3n) is 4.23. The van der Waals surface area contributed by atoms with Gasteiger partial charge in [-0.05, 0) is 42.5 Å². The van der Waals surface area contributed by atoms with Crippen LogP contribution in [0, 0.1) is 5.21 Å². The Bertz CT molecular complexity index is 1190. The number of amides is 3. The first-order valence-electron chi connectivity index (χ1n) is 9.25. The van der Waals surface area contributed by atoms with Crippen LogP contribution in [0.2, 0.25) is 5.02 Å². The topological polar surface area (TPSA) is 106 Å². The highest BCUT2D eigenvalue weighted by Gasteiger charge is 2.33. The van der Waals surface area contributed by atoms with E-state index >= 15 is 0 Å². The number of urea groups is 1. The molecule has 3 rings (SSSR count). The van der Waals surface area contributed by atoms with Gasteiger partial charge in [-0.15, -0.1) is 0 Å². The summed E-state index contributed by atoms with van der Waals surface area (Å²) in [6.07, 6.45) is -3.53. The highest BCUT2D eigenvalue weighted by atomic mass is 35.5. The van der Waals surface area contributed by atoms with Crippen LogP contribution < -0.4 is 25.4 Å². The molecule has 8 nitrogen and oxygen atoms in total. The number of nitrogens with one attached hydrogen (secondary N) is 3. The average Bonchev–Trinajstić information content (AvgIpc) is 2.76. The number of nitrogens with zero attached hydrogens (tertiary/aromatic N) is 1. The monoisotopic (exact) mass is 480 g/mol. The normalized spacial score (nSPS) is 10.9. The number of anilines is 2. The van der Waals surface area contributed by atoms with E-state index in [1.165, 1.54) is 49.5 Å². The van der Waals surface area contributed by atoms with Crippen LogP contribution in [0.25, 0.3) is 0 Å². The van der Waals surface area contributed by atoms with E-state index in [2.05, 4.69) is 16.0 Å². The summed E-state index contributed by atoms with van der Waals surface area (Å²) in [4.78, 5) is 23.8. The number of aromatic nitrogens is 1. The number of halogens is 4. The van der Waals surface area contributed by atoms with Crippen LogP contribution in [0.15, 0.2) is 60.8 Å². The molecular formula is C21H16ClF3N4O4. The largest absolute Gasteiger partial charge is 0.618 e. The molecule has 0 saturated carbocycles. The molecule has 0 unspecified atom stereocenters. The first-order chi connectivity index (χ1) is 15.6. The Morgan fingerprint density at radius 3 is 2.24 bits per heavy atom. The van der Waals surface area contributed by atoms with E-state index in [9.17, 15) is 28.0 Å². The zero-order valence-electron chi connectivity index (χ0n) is 16.9. The molecule has 0 saturated heterocycles. The van der Waals surface area contributed by atoms with Gasteiger partial charge in [0.2, 0.25) is 0 Å². The zero-order chi connectivity index (χ0) is 24.2. The number of rotatable bonds is 5. The summed E-state index contributed by atoms with van der Waals surface area (Å²) in [5.74, 6) is 0.00592. The lowest BCUT2D eigenvalue weighted by atomic mass is 10.2. The average molecular weight is 481 g/mol. The molecule has 3 amide bonds. The third kappa shape index (κ3) is 6.04. The minimum atomic E-state index is -4.66. The second-order valence-corrected chi connectivity index (χ2v) is 6.96. The van der Waals surface area contributed by atoms with Crippen LogP contribution in [-0.2, 0) is 6.18 Å². The number of carbonyl (C=O) groups excluding carboxylic acids is 2. The van der Waals surface area contributed by atoms with Gasteiger partial charge in [0.25, 0.3) is 5.69 Å². The molecule has 0 atom stereocenters. The van der Waals surface area contributed by atoms with Crippen molar-refractivity contribution in [2.24, 2.45) is 0 Å². The van der Waals surface area contributed by atoms with Crippen molar-refractivity contribution in [1.29, 1.82) is 0 Å². The fraction of sp³-hybridized carbons (Fsp3) is 0.0952. The molecule has 1 heterocycles. The number of benzene rings is 2.